The number of rotatable bonds is 5. The molecule has 18 heavy (non-hydrogen) atoms. The van der Waals surface area contributed by atoms with Crippen molar-refractivity contribution in [1.82, 2.24) is 10.2 Å². The molecule has 2 aliphatic rings. The molecule has 98 valence electrons. The Kier molecular flexibility index (Phi) is 3.66. The van der Waals surface area contributed by atoms with Crippen LogP contribution in [0.25, 0.3) is 0 Å². The van der Waals surface area contributed by atoms with E-state index >= 15 is 0 Å². The van der Waals surface area contributed by atoms with Crippen LogP contribution in [0.4, 0.5) is 0 Å². The van der Waals surface area contributed by atoms with Gasteiger partial charge in [0, 0.05) is 11.4 Å². The summed E-state index contributed by atoms with van der Waals surface area (Å²) in [6.45, 7) is 2.45. The molecule has 0 aromatic carbocycles. The summed E-state index contributed by atoms with van der Waals surface area (Å²) in [6, 6.07) is 4.56. The predicted molar refractivity (Wildman–Crippen MR) is 73.6 cm³/mol. The molecule has 1 aromatic heterocycles. The lowest BCUT2D eigenvalue weighted by Crippen LogP contribution is -2.38. The van der Waals surface area contributed by atoms with Crippen LogP contribution in [0.1, 0.15) is 36.6 Å². The molecular weight excluding hydrogens is 244 g/mol. The minimum Gasteiger partial charge on any atom is -0.334 e. The van der Waals surface area contributed by atoms with Crippen LogP contribution < -0.4 is 5.32 Å². The molecular formula is C14H20N2OS. The molecule has 1 N–H and O–H groups in total. The van der Waals surface area contributed by atoms with Crippen molar-refractivity contribution >= 4 is 17.2 Å². The summed E-state index contributed by atoms with van der Waals surface area (Å²) in [5, 5.41) is 5.40. The van der Waals surface area contributed by atoms with E-state index in [-0.39, 0.29) is 5.91 Å². The zero-order valence-corrected chi connectivity index (χ0v) is 11.4. The number of thiophene rings is 1. The van der Waals surface area contributed by atoms with E-state index in [0.29, 0.717) is 12.6 Å². The van der Waals surface area contributed by atoms with E-state index in [1.165, 1.54) is 17.7 Å². The fraction of sp³-hybridized carbons (Fsp3) is 0.643. The number of amides is 1. The number of hydrogen-bond donors (Lipinski definition) is 1. The van der Waals surface area contributed by atoms with Gasteiger partial charge in [-0.3, -0.25) is 4.79 Å². The van der Waals surface area contributed by atoms with E-state index in [9.17, 15) is 4.79 Å². The van der Waals surface area contributed by atoms with E-state index in [1.54, 1.807) is 11.3 Å². The number of nitrogens with zero attached hydrogens (tertiary/aromatic N) is 1. The van der Waals surface area contributed by atoms with E-state index in [0.717, 1.165) is 31.8 Å². The van der Waals surface area contributed by atoms with Crippen LogP contribution in [0.15, 0.2) is 17.5 Å². The van der Waals surface area contributed by atoms with Crippen LogP contribution in [0.3, 0.4) is 0 Å². The van der Waals surface area contributed by atoms with E-state index < -0.39 is 0 Å². The van der Waals surface area contributed by atoms with Crippen molar-refractivity contribution < 1.29 is 4.79 Å². The van der Waals surface area contributed by atoms with Crippen molar-refractivity contribution in [3.05, 3.63) is 22.4 Å². The summed E-state index contributed by atoms with van der Waals surface area (Å²) >= 11 is 1.77. The average molecular weight is 264 g/mol. The summed E-state index contributed by atoms with van der Waals surface area (Å²) in [7, 11) is 0. The van der Waals surface area contributed by atoms with Crippen molar-refractivity contribution in [2.24, 2.45) is 5.92 Å². The molecule has 1 aliphatic heterocycles. The van der Waals surface area contributed by atoms with Crippen LogP contribution in [-0.2, 0) is 4.79 Å². The first-order chi connectivity index (χ1) is 8.84. The Morgan fingerprint density at radius 1 is 1.44 bits per heavy atom. The third kappa shape index (κ3) is 2.75. The van der Waals surface area contributed by atoms with Crippen molar-refractivity contribution in [2.75, 3.05) is 19.6 Å². The van der Waals surface area contributed by atoms with E-state index in [1.807, 2.05) is 0 Å². The summed E-state index contributed by atoms with van der Waals surface area (Å²) in [6.07, 6.45) is 4.93. The van der Waals surface area contributed by atoms with Gasteiger partial charge in [-0.2, -0.15) is 0 Å². The Labute approximate surface area is 112 Å². The molecule has 4 heteroatoms. The Bertz CT molecular complexity index is 400. The van der Waals surface area contributed by atoms with Gasteiger partial charge >= 0.3 is 0 Å². The van der Waals surface area contributed by atoms with Gasteiger partial charge in [0.15, 0.2) is 0 Å². The maximum atomic E-state index is 12.2. The SMILES string of the molecule is O=C(CNCC1CC1)N1CCCC1c1cccs1. The van der Waals surface area contributed by atoms with Gasteiger partial charge in [-0.15, -0.1) is 11.3 Å². The maximum absolute atomic E-state index is 12.2. The topological polar surface area (TPSA) is 32.3 Å². The number of likely N-dealkylation sites (tertiary alicyclic amines) is 1. The van der Waals surface area contributed by atoms with Gasteiger partial charge in [0.05, 0.1) is 12.6 Å². The van der Waals surface area contributed by atoms with Gasteiger partial charge in [0.2, 0.25) is 5.91 Å². The molecule has 1 atom stereocenters. The van der Waals surface area contributed by atoms with Crippen LogP contribution >= 0.6 is 11.3 Å². The highest BCUT2D eigenvalue weighted by molar-refractivity contribution is 7.10. The number of carbonyl (C=O) groups excluding carboxylic acids is 1. The van der Waals surface area contributed by atoms with Gasteiger partial charge in [-0.05, 0) is 49.6 Å². The molecule has 3 nitrogen and oxygen atoms in total. The van der Waals surface area contributed by atoms with Crippen molar-refractivity contribution in [3.63, 3.8) is 0 Å². The molecule has 0 spiro atoms. The third-order valence-electron chi connectivity index (χ3n) is 3.85. The standard InChI is InChI=1S/C14H20N2OS/c17-14(10-15-9-11-5-6-11)16-7-1-3-12(16)13-4-2-8-18-13/h2,4,8,11-12,15H,1,3,5-7,9-10H2. The minimum absolute atomic E-state index is 0.270. The van der Waals surface area contributed by atoms with Crippen molar-refractivity contribution in [3.8, 4) is 0 Å². The second-order valence-corrected chi connectivity index (χ2v) is 6.31. The van der Waals surface area contributed by atoms with Gasteiger partial charge < -0.3 is 10.2 Å². The molecule has 0 bridgehead atoms. The van der Waals surface area contributed by atoms with Crippen LogP contribution in [0.5, 0.6) is 0 Å². The lowest BCUT2D eigenvalue weighted by atomic mass is 10.2. The quantitative estimate of drug-likeness (QED) is 0.886. The predicted octanol–water partition coefficient (Wildman–Crippen LogP) is 2.41. The molecule has 2 fully saturated rings. The molecule has 3 rings (SSSR count). The van der Waals surface area contributed by atoms with Crippen molar-refractivity contribution in [1.29, 1.82) is 0 Å². The van der Waals surface area contributed by atoms with Gasteiger partial charge in [0.1, 0.15) is 0 Å². The fourth-order valence-corrected chi connectivity index (χ4v) is 3.52. The lowest BCUT2D eigenvalue weighted by Gasteiger charge is -2.24. The summed E-state index contributed by atoms with van der Waals surface area (Å²) < 4.78 is 0. The summed E-state index contributed by atoms with van der Waals surface area (Å²) in [5.74, 6) is 1.11. The highest BCUT2D eigenvalue weighted by atomic mass is 32.1. The molecule has 1 unspecified atom stereocenters. The van der Waals surface area contributed by atoms with Crippen LogP contribution in [0.2, 0.25) is 0 Å². The third-order valence-corrected chi connectivity index (χ3v) is 4.82. The smallest absolute Gasteiger partial charge is 0.237 e. The Morgan fingerprint density at radius 3 is 3.06 bits per heavy atom. The summed E-state index contributed by atoms with van der Waals surface area (Å²) in [4.78, 5) is 15.6. The molecule has 1 saturated carbocycles. The summed E-state index contributed by atoms with van der Waals surface area (Å²) in [5.41, 5.74) is 0. The first-order valence-corrected chi connectivity index (χ1v) is 7.76. The zero-order chi connectivity index (χ0) is 12.4. The van der Waals surface area contributed by atoms with Gasteiger partial charge in [0.25, 0.3) is 0 Å². The van der Waals surface area contributed by atoms with E-state index in [2.05, 4.69) is 27.7 Å². The fourth-order valence-electron chi connectivity index (χ4n) is 2.65. The molecule has 1 aromatic rings. The first-order valence-electron chi connectivity index (χ1n) is 6.88. The second-order valence-electron chi connectivity index (χ2n) is 5.33. The molecule has 1 saturated heterocycles. The first kappa shape index (κ1) is 12.2. The zero-order valence-electron chi connectivity index (χ0n) is 10.6. The monoisotopic (exact) mass is 264 g/mol. The van der Waals surface area contributed by atoms with Crippen LogP contribution in [-0.4, -0.2) is 30.4 Å². The van der Waals surface area contributed by atoms with E-state index in [4.69, 9.17) is 0 Å². The Hall–Kier alpha value is -0.870. The number of nitrogens with one attached hydrogen (secondary N) is 1. The highest BCUT2D eigenvalue weighted by Gasteiger charge is 2.30. The Morgan fingerprint density at radius 2 is 2.33 bits per heavy atom. The number of hydrogen-bond acceptors (Lipinski definition) is 3. The number of carbonyl (C=O) groups is 1. The molecule has 1 amide bonds. The maximum Gasteiger partial charge on any atom is 0.237 e. The van der Waals surface area contributed by atoms with Gasteiger partial charge in [-0.25, -0.2) is 0 Å². The normalized spacial score (nSPS) is 23.6. The lowest BCUT2D eigenvalue weighted by molar-refractivity contribution is -0.131. The largest absolute Gasteiger partial charge is 0.334 e. The molecule has 0 radical (unpaired) electrons. The Balaban J connectivity index is 1.54. The minimum atomic E-state index is 0.270. The average Bonchev–Trinajstić information content (AvgIpc) is 2.88. The molecule has 2 heterocycles. The van der Waals surface area contributed by atoms with Gasteiger partial charge in [-0.1, -0.05) is 6.07 Å². The molecule has 1 aliphatic carbocycles. The van der Waals surface area contributed by atoms with Crippen molar-refractivity contribution in [2.45, 2.75) is 31.7 Å². The second kappa shape index (κ2) is 5.41. The highest BCUT2D eigenvalue weighted by Crippen LogP contribution is 2.34. The van der Waals surface area contributed by atoms with Crippen LogP contribution in [0, 0.1) is 5.92 Å².